The van der Waals surface area contributed by atoms with Crippen LogP contribution in [-0.4, -0.2) is 32.1 Å². The zero-order valence-electron chi connectivity index (χ0n) is 8.91. The molecule has 0 heterocycles. The van der Waals surface area contributed by atoms with Gasteiger partial charge in [-0.2, -0.15) is 8.42 Å². The second kappa shape index (κ2) is 4.55. The second-order valence-corrected chi connectivity index (χ2v) is 4.30. The fourth-order valence-corrected chi connectivity index (χ4v) is 1.85. The van der Waals surface area contributed by atoms with E-state index >= 15 is 0 Å². The van der Waals surface area contributed by atoms with Crippen molar-refractivity contribution in [2.24, 2.45) is 0 Å². The van der Waals surface area contributed by atoms with Gasteiger partial charge in [-0.3, -0.25) is 14.7 Å². The minimum Gasteiger partial charge on any atom is -0.493 e. The van der Waals surface area contributed by atoms with Crippen molar-refractivity contribution in [1.29, 1.82) is 0 Å². The number of hydrogen-bond acceptors (Lipinski definition) is 6. The standard InChI is InChI=1S/C8H9NO7S/c1-15-6-3-5(9(10)11)8(17(12,13)14)4-7(6)16-2/h3-4H,1-2H3,(H,12,13,14). The number of nitrogens with zero attached hydrogens (tertiary/aromatic N) is 1. The smallest absolute Gasteiger partial charge is 0.301 e. The number of nitro benzene ring substituents is 1. The van der Waals surface area contributed by atoms with Crippen LogP contribution >= 0.6 is 0 Å². The Morgan fingerprint density at radius 2 is 1.71 bits per heavy atom. The van der Waals surface area contributed by atoms with Gasteiger partial charge in [-0.05, 0) is 0 Å². The quantitative estimate of drug-likeness (QED) is 0.486. The third-order valence-corrected chi connectivity index (χ3v) is 2.82. The van der Waals surface area contributed by atoms with Crippen LogP contribution in [0.5, 0.6) is 11.5 Å². The van der Waals surface area contributed by atoms with Crippen LogP contribution in [0.15, 0.2) is 17.0 Å². The van der Waals surface area contributed by atoms with Crippen LogP contribution in [-0.2, 0) is 10.1 Å². The first kappa shape index (κ1) is 13.2. The first-order valence-corrected chi connectivity index (χ1v) is 5.63. The average molecular weight is 263 g/mol. The number of methoxy groups -OCH3 is 2. The van der Waals surface area contributed by atoms with Crippen molar-refractivity contribution >= 4 is 15.8 Å². The summed E-state index contributed by atoms with van der Waals surface area (Å²) in [5.74, 6) is -0.0441. The molecule has 8 nitrogen and oxygen atoms in total. The Morgan fingerprint density at radius 3 is 2.06 bits per heavy atom. The van der Waals surface area contributed by atoms with Gasteiger partial charge in [0.25, 0.3) is 5.69 Å². The Kier molecular flexibility index (Phi) is 3.53. The lowest BCUT2D eigenvalue weighted by molar-refractivity contribution is -0.388. The monoisotopic (exact) mass is 263 g/mol. The molecule has 94 valence electrons. The van der Waals surface area contributed by atoms with E-state index in [0.29, 0.717) is 0 Å². The van der Waals surface area contributed by atoms with Gasteiger partial charge in [0.05, 0.1) is 25.2 Å². The normalized spacial score (nSPS) is 11.0. The van der Waals surface area contributed by atoms with Gasteiger partial charge >= 0.3 is 10.1 Å². The van der Waals surface area contributed by atoms with E-state index in [1.54, 1.807) is 0 Å². The molecule has 0 aliphatic rings. The van der Waals surface area contributed by atoms with E-state index in [0.717, 1.165) is 12.1 Å². The number of hydrogen-bond donors (Lipinski definition) is 1. The summed E-state index contributed by atoms with van der Waals surface area (Å²) in [6.45, 7) is 0. The molecule has 0 atom stereocenters. The molecule has 9 heteroatoms. The van der Waals surface area contributed by atoms with E-state index in [-0.39, 0.29) is 11.5 Å². The lowest BCUT2D eigenvalue weighted by atomic mass is 10.3. The van der Waals surface area contributed by atoms with Gasteiger partial charge in [0.2, 0.25) is 0 Å². The molecular formula is C8H9NO7S. The highest BCUT2D eigenvalue weighted by Crippen LogP contribution is 2.36. The minimum absolute atomic E-state index is 0.00778. The van der Waals surface area contributed by atoms with Crippen LogP contribution < -0.4 is 9.47 Å². The summed E-state index contributed by atoms with van der Waals surface area (Å²) in [6.07, 6.45) is 0. The summed E-state index contributed by atoms with van der Waals surface area (Å²) >= 11 is 0. The molecule has 0 aromatic heterocycles. The summed E-state index contributed by atoms with van der Waals surface area (Å²) in [7, 11) is -2.23. The maximum Gasteiger partial charge on any atom is 0.301 e. The molecule has 0 aliphatic carbocycles. The van der Waals surface area contributed by atoms with Crippen molar-refractivity contribution in [3.05, 3.63) is 22.2 Å². The predicted molar refractivity (Wildman–Crippen MR) is 56.0 cm³/mol. The molecule has 1 rings (SSSR count). The van der Waals surface area contributed by atoms with Gasteiger partial charge in [0, 0.05) is 6.07 Å². The maximum atomic E-state index is 11.0. The van der Waals surface area contributed by atoms with E-state index in [4.69, 9.17) is 14.0 Å². The predicted octanol–water partition coefficient (Wildman–Crippen LogP) is 0.859. The Balaban J connectivity index is 3.64. The fraction of sp³-hybridized carbons (Fsp3) is 0.250. The number of ether oxygens (including phenoxy) is 2. The highest BCUT2D eigenvalue weighted by atomic mass is 32.2. The van der Waals surface area contributed by atoms with Crippen molar-refractivity contribution < 1.29 is 27.4 Å². The van der Waals surface area contributed by atoms with Gasteiger partial charge in [-0.1, -0.05) is 0 Å². The van der Waals surface area contributed by atoms with Crippen LogP contribution in [0.25, 0.3) is 0 Å². The number of nitro groups is 1. The molecule has 17 heavy (non-hydrogen) atoms. The van der Waals surface area contributed by atoms with Crippen LogP contribution in [0.1, 0.15) is 0 Å². The Hall–Kier alpha value is -1.87. The van der Waals surface area contributed by atoms with E-state index in [1.165, 1.54) is 14.2 Å². The summed E-state index contributed by atoms with van der Waals surface area (Å²) in [5.41, 5.74) is -0.787. The largest absolute Gasteiger partial charge is 0.493 e. The summed E-state index contributed by atoms with van der Waals surface area (Å²) in [6, 6.07) is 1.69. The lowest BCUT2D eigenvalue weighted by Crippen LogP contribution is -2.05. The average Bonchev–Trinajstić information content (AvgIpc) is 2.25. The minimum atomic E-state index is -4.71. The van der Waals surface area contributed by atoms with Gasteiger partial charge in [0.15, 0.2) is 16.4 Å². The zero-order valence-corrected chi connectivity index (χ0v) is 9.72. The third kappa shape index (κ3) is 2.63. The molecule has 0 saturated carbocycles. The van der Waals surface area contributed by atoms with Crippen LogP contribution in [0, 0.1) is 10.1 Å². The van der Waals surface area contributed by atoms with Gasteiger partial charge < -0.3 is 9.47 Å². The van der Waals surface area contributed by atoms with Crippen molar-refractivity contribution in [3.8, 4) is 11.5 Å². The molecule has 0 spiro atoms. The molecule has 1 aromatic rings. The van der Waals surface area contributed by atoms with Crippen LogP contribution in [0.4, 0.5) is 5.69 Å². The van der Waals surface area contributed by atoms with Crippen molar-refractivity contribution in [3.63, 3.8) is 0 Å². The molecular weight excluding hydrogens is 254 g/mol. The number of benzene rings is 1. The summed E-state index contributed by atoms with van der Waals surface area (Å²) < 4.78 is 40.4. The fourth-order valence-electron chi connectivity index (χ4n) is 1.20. The highest BCUT2D eigenvalue weighted by molar-refractivity contribution is 7.86. The summed E-state index contributed by atoms with van der Waals surface area (Å²) in [4.78, 5) is 8.88. The molecule has 0 saturated heterocycles. The summed E-state index contributed by atoms with van der Waals surface area (Å²) in [5, 5.41) is 10.7. The third-order valence-electron chi connectivity index (χ3n) is 1.94. The Morgan fingerprint density at radius 1 is 1.24 bits per heavy atom. The van der Waals surface area contributed by atoms with Crippen molar-refractivity contribution in [2.45, 2.75) is 4.90 Å². The molecule has 0 unspecified atom stereocenters. The molecule has 0 aliphatic heterocycles. The Labute approximate surface area is 96.7 Å². The highest BCUT2D eigenvalue weighted by Gasteiger charge is 2.27. The van der Waals surface area contributed by atoms with Crippen molar-refractivity contribution in [1.82, 2.24) is 0 Å². The molecule has 1 aromatic carbocycles. The van der Waals surface area contributed by atoms with Gasteiger partial charge in [-0.25, -0.2) is 0 Å². The SMILES string of the molecule is COc1cc([N+](=O)[O-])c(S(=O)(=O)O)cc1OC. The molecule has 1 N–H and O–H groups in total. The van der Waals surface area contributed by atoms with E-state index in [1.807, 2.05) is 0 Å². The maximum absolute atomic E-state index is 11.0. The van der Waals surface area contributed by atoms with Gasteiger partial charge in [-0.15, -0.1) is 0 Å². The van der Waals surface area contributed by atoms with E-state index in [2.05, 4.69) is 0 Å². The first-order valence-electron chi connectivity index (χ1n) is 4.19. The lowest BCUT2D eigenvalue weighted by Gasteiger charge is -2.08. The topological polar surface area (TPSA) is 116 Å². The first-order chi connectivity index (χ1) is 7.81. The van der Waals surface area contributed by atoms with Gasteiger partial charge in [0.1, 0.15) is 0 Å². The molecule has 0 bridgehead atoms. The molecule has 0 radical (unpaired) electrons. The molecule has 0 amide bonds. The van der Waals surface area contributed by atoms with E-state index < -0.39 is 25.6 Å². The van der Waals surface area contributed by atoms with Crippen molar-refractivity contribution in [2.75, 3.05) is 14.2 Å². The van der Waals surface area contributed by atoms with Crippen LogP contribution in [0.3, 0.4) is 0 Å². The molecule has 0 fully saturated rings. The van der Waals surface area contributed by atoms with Crippen LogP contribution in [0.2, 0.25) is 0 Å². The second-order valence-electron chi connectivity index (χ2n) is 2.91. The van der Waals surface area contributed by atoms with E-state index in [9.17, 15) is 18.5 Å². The zero-order chi connectivity index (χ0) is 13.2. The Bertz CT molecular complexity index is 551. The number of rotatable bonds is 4.